The molecule has 0 saturated carbocycles. The van der Waals surface area contributed by atoms with E-state index in [9.17, 15) is 0 Å². The van der Waals surface area contributed by atoms with Crippen LogP contribution in [-0.2, 0) is 10.8 Å². The molecular weight excluding hydrogens is 769 g/mol. The molecule has 0 N–H and O–H groups in total. The third kappa shape index (κ3) is 7.83. The highest BCUT2D eigenvalue weighted by atomic mass is 16.5. The molecule has 3 aromatic heterocycles. The first kappa shape index (κ1) is 39.6. The van der Waals surface area contributed by atoms with Gasteiger partial charge < -0.3 is 4.74 Å². The van der Waals surface area contributed by atoms with E-state index < -0.39 is 0 Å². The van der Waals surface area contributed by atoms with E-state index in [-0.39, 0.29) is 10.8 Å². The van der Waals surface area contributed by atoms with Crippen LogP contribution in [0.2, 0.25) is 0 Å². The molecule has 10 rings (SSSR count). The van der Waals surface area contributed by atoms with Crippen molar-refractivity contribution >= 4 is 21.8 Å². The molecule has 308 valence electrons. The lowest BCUT2D eigenvalue weighted by molar-refractivity contribution is -0.599. The minimum Gasteiger partial charge on any atom is -0.458 e. The molecule has 3 heterocycles. The fourth-order valence-electron chi connectivity index (χ4n) is 8.55. The van der Waals surface area contributed by atoms with Crippen LogP contribution in [0.3, 0.4) is 0 Å². The van der Waals surface area contributed by atoms with Crippen molar-refractivity contribution in [2.24, 2.45) is 0 Å². The van der Waals surface area contributed by atoms with Crippen molar-refractivity contribution in [1.29, 1.82) is 0 Å². The summed E-state index contributed by atoms with van der Waals surface area (Å²) in [4.78, 5) is 4.91. The van der Waals surface area contributed by atoms with Crippen LogP contribution in [0, 0.1) is 6.33 Å². The molecule has 0 bridgehead atoms. The van der Waals surface area contributed by atoms with E-state index in [0.717, 1.165) is 73.1 Å². The summed E-state index contributed by atoms with van der Waals surface area (Å²) in [6.45, 7) is 13.5. The van der Waals surface area contributed by atoms with Crippen LogP contribution in [-0.4, -0.2) is 14.1 Å². The van der Waals surface area contributed by atoms with Crippen molar-refractivity contribution in [3.8, 4) is 62.1 Å². The van der Waals surface area contributed by atoms with Crippen LogP contribution in [0.5, 0.6) is 11.5 Å². The van der Waals surface area contributed by atoms with Crippen molar-refractivity contribution in [2.45, 2.75) is 52.4 Å². The second-order valence-corrected chi connectivity index (χ2v) is 18.4. The molecule has 0 aliphatic carbocycles. The number of hydrogen-bond donors (Lipinski definition) is 0. The molecule has 63 heavy (non-hydrogen) atoms. The van der Waals surface area contributed by atoms with Gasteiger partial charge in [0.05, 0.1) is 28.1 Å². The van der Waals surface area contributed by atoms with Gasteiger partial charge in [0.2, 0.25) is 0 Å². The zero-order valence-electron chi connectivity index (χ0n) is 36.7. The van der Waals surface area contributed by atoms with Gasteiger partial charge in [-0.25, -0.2) is 4.98 Å². The molecule has 0 radical (unpaired) electrons. The standard InChI is InChI=1S/C58H50N4O/c1-57(2,3)46-28-29-59-56(35-46)62-53-25-17-16-24-51(53)52-27-26-49(37-54(52)62)63-50-34-45(42-22-14-9-15-23-42)33-48(36-50)61-39-60(38-55(61)58(4,5)6)47-31-43(40-18-10-7-11-19-40)30-44(32-47)41-20-12-8-13-21-41/h7-38H,1-6H3. The fraction of sp³-hybridized carbons (Fsp3) is 0.138. The molecule has 0 fully saturated rings. The number of para-hydroxylation sites is 1. The zero-order chi connectivity index (χ0) is 43.3. The number of ether oxygens (including phenoxy) is 1. The van der Waals surface area contributed by atoms with Gasteiger partial charge in [-0.1, -0.05) is 151 Å². The molecule has 0 saturated heterocycles. The normalized spacial score (nSPS) is 12.0. The Labute approximate surface area is 370 Å². The van der Waals surface area contributed by atoms with Crippen molar-refractivity contribution in [3.05, 3.63) is 212 Å². The highest BCUT2D eigenvalue weighted by molar-refractivity contribution is 6.09. The highest BCUT2D eigenvalue weighted by Crippen LogP contribution is 2.38. The number of imidazole rings is 1. The maximum atomic E-state index is 6.95. The maximum Gasteiger partial charge on any atom is 0.269 e. The Morgan fingerprint density at radius 3 is 1.70 bits per heavy atom. The summed E-state index contributed by atoms with van der Waals surface area (Å²) in [6, 6.07) is 64.3. The lowest BCUT2D eigenvalue weighted by Crippen LogP contribution is -2.28. The molecule has 5 nitrogen and oxygen atoms in total. The molecule has 5 heteroatoms. The molecule has 0 amide bonds. The fourth-order valence-corrected chi connectivity index (χ4v) is 8.55. The summed E-state index contributed by atoms with van der Waals surface area (Å²) in [7, 11) is 0. The topological polar surface area (TPSA) is 35.9 Å². The van der Waals surface area contributed by atoms with Crippen LogP contribution in [0.4, 0.5) is 0 Å². The largest absolute Gasteiger partial charge is 0.458 e. The molecule has 0 spiro atoms. The van der Waals surface area contributed by atoms with E-state index in [1.807, 2.05) is 6.20 Å². The number of fused-ring (bicyclic) bond motifs is 3. The highest BCUT2D eigenvalue weighted by Gasteiger charge is 2.24. The number of pyridine rings is 1. The van der Waals surface area contributed by atoms with E-state index in [2.05, 4.69) is 250 Å². The average Bonchev–Trinajstić information content (AvgIpc) is 3.91. The van der Waals surface area contributed by atoms with Gasteiger partial charge in [-0.15, -0.1) is 0 Å². The first-order chi connectivity index (χ1) is 30.5. The summed E-state index contributed by atoms with van der Waals surface area (Å²) in [6.07, 6.45) is 7.94. The minimum atomic E-state index is -0.221. The molecule has 10 aromatic rings. The average molecular weight is 819 g/mol. The van der Waals surface area contributed by atoms with Crippen molar-refractivity contribution in [3.63, 3.8) is 0 Å². The van der Waals surface area contributed by atoms with E-state index in [1.165, 1.54) is 22.1 Å². The first-order valence-electron chi connectivity index (χ1n) is 21.7. The summed E-state index contributed by atoms with van der Waals surface area (Å²) in [5.41, 5.74) is 13.0. The first-order valence-corrected chi connectivity index (χ1v) is 21.7. The molecule has 7 aromatic carbocycles. The molecule has 0 aliphatic heterocycles. The smallest absolute Gasteiger partial charge is 0.269 e. The summed E-state index contributed by atoms with van der Waals surface area (Å²) in [5.74, 6) is 2.35. The number of aromatic nitrogens is 4. The zero-order valence-corrected chi connectivity index (χ0v) is 36.7. The third-order valence-corrected chi connectivity index (χ3v) is 11.9. The Kier molecular flexibility index (Phi) is 9.91. The lowest BCUT2D eigenvalue weighted by atomic mass is 9.88. The Balaban J connectivity index is 1.12. The van der Waals surface area contributed by atoms with Gasteiger partial charge in [-0.3, -0.25) is 13.7 Å². The number of rotatable bonds is 8. The molecular formula is C58H50N4O. The van der Waals surface area contributed by atoms with Gasteiger partial charge >= 0.3 is 0 Å². The second kappa shape index (κ2) is 15.8. The minimum absolute atomic E-state index is 0.0211. The molecule has 0 atom stereocenters. The van der Waals surface area contributed by atoms with Gasteiger partial charge in [0, 0.05) is 29.2 Å². The van der Waals surface area contributed by atoms with Gasteiger partial charge in [0.15, 0.2) is 0 Å². The second-order valence-electron chi connectivity index (χ2n) is 18.4. The Morgan fingerprint density at radius 2 is 1.08 bits per heavy atom. The van der Waals surface area contributed by atoms with E-state index >= 15 is 0 Å². The van der Waals surface area contributed by atoms with Crippen molar-refractivity contribution in [1.82, 2.24) is 14.1 Å². The van der Waals surface area contributed by atoms with Crippen LogP contribution < -0.4 is 9.30 Å². The Hall–Kier alpha value is -7.50. The van der Waals surface area contributed by atoms with Gasteiger partial charge in [0.1, 0.15) is 17.3 Å². The SMILES string of the molecule is CC(C)(C)c1ccnc(-n2c3ccccc3c3ccc(Oc4cc(-c5ccccc5)cc(-n5[c-][n+](-c6cc(-c7ccccc7)cc(-c7ccccc7)c6)cc5C(C)(C)C)c4)cc32)c1. The van der Waals surface area contributed by atoms with Gasteiger partial charge in [-0.05, 0) is 117 Å². The van der Waals surface area contributed by atoms with Crippen molar-refractivity contribution in [2.75, 3.05) is 0 Å². The van der Waals surface area contributed by atoms with Crippen LogP contribution in [0.1, 0.15) is 52.8 Å². The predicted octanol–water partition coefficient (Wildman–Crippen LogP) is 14.4. The van der Waals surface area contributed by atoms with Crippen LogP contribution in [0.15, 0.2) is 194 Å². The summed E-state index contributed by atoms with van der Waals surface area (Å²) < 4.78 is 13.6. The monoisotopic (exact) mass is 818 g/mol. The molecule has 0 aliphatic rings. The van der Waals surface area contributed by atoms with E-state index in [0.29, 0.717) is 0 Å². The van der Waals surface area contributed by atoms with Crippen LogP contribution in [0.25, 0.3) is 72.4 Å². The van der Waals surface area contributed by atoms with Crippen molar-refractivity contribution < 1.29 is 9.30 Å². The Morgan fingerprint density at radius 1 is 0.492 bits per heavy atom. The number of hydrogen-bond acceptors (Lipinski definition) is 2. The molecule has 0 unspecified atom stereocenters. The summed E-state index contributed by atoms with van der Waals surface area (Å²) >= 11 is 0. The third-order valence-electron chi connectivity index (χ3n) is 11.9. The predicted molar refractivity (Wildman–Crippen MR) is 258 cm³/mol. The van der Waals surface area contributed by atoms with Crippen LogP contribution >= 0.6 is 0 Å². The van der Waals surface area contributed by atoms with Gasteiger partial charge in [0.25, 0.3) is 6.33 Å². The number of benzene rings is 7. The summed E-state index contributed by atoms with van der Waals surface area (Å²) in [5, 5.41) is 2.32. The van der Waals surface area contributed by atoms with E-state index in [4.69, 9.17) is 9.72 Å². The van der Waals surface area contributed by atoms with E-state index in [1.54, 1.807) is 0 Å². The maximum absolute atomic E-state index is 6.95. The number of nitrogens with zero attached hydrogens (tertiary/aromatic N) is 4. The lowest BCUT2D eigenvalue weighted by Gasteiger charge is -2.21. The Bertz CT molecular complexity index is 3200. The van der Waals surface area contributed by atoms with Gasteiger partial charge in [-0.2, -0.15) is 0 Å². The quantitative estimate of drug-likeness (QED) is 0.113.